The van der Waals surface area contributed by atoms with Crippen molar-refractivity contribution in [3.8, 4) is 5.75 Å². The van der Waals surface area contributed by atoms with Gasteiger partial charge < -0.3 is 10.1 Å². The summed E-state index contributed by atoms with van der Waals surface area (Å²) in [7, 11) is 1.63. The number of aromatic nitrogens is 2. The van der Waals surface area contributed by atoms with Gasteiger partial charge in [-0.25, -0.2) is 4.98 Å². The highest BCUT2D eigenvalue weighted by molar-refractivity contribution is 7.16. The maximum atomic E-state index is 12.5. The van der Waals surface area contributed by atoms with Crippen molar-refractivity contribution in [3.05, 3.63) is 58.0 Å². The molecule has 3 aromatic rings. The summed E-state index contributed by atoms with van der Waals surface area (Å²) in [6.07, 6.45) is 1.73. The molecule has 0 aliphatic heterocycles. The zero-order valence-corrected chi connectivity index (χ0v) is 16.5. The minimum atomic E-state index is -0.107. The number of amides is 1. The van der Waals surface area contributed by atoms with E-state index in [1.54, 1.807) is 13.2 Å². The fourth-order valence-corrected chi connectivity index (χ4v) is 3.69. The highest BCUT2D eigenvalue weighted by Crippen LogP contribution is 2.24. The number of carbonyl (C=O) groups excluding carboxylic acids is 1. The van der Waals surface area contributed by atoms with Crippen molar-refractivity contribution in [3.63, 3.8) is 0 Å². The first kappa shape index (κ1) is 19.1. The Morgan fingerprint density at radius 2 is 2.00 bits per heavy atom. The Kier molecular flexibility index (Phi) is 5.91. The van der Waals surface area contributed by atoms with E-state index in [1.165, 1.54) is 22.2 Å². The molecule has 0 bridgehead atoms. The molecular weight excluding hydrogens is 362 g/mol. The summed E-state index contributed by atoms with van der Waals surface area (Å²) < 4.78 is 6.68. The Hall–Kier alpha value is -2.67. The van der Waals surface area contributed by atoms with E-state index in [0.29, 0.717) is 11.9 Å². The maximum absolute atomic E-state index is 12.5. The number of carbonyl (C=O) groups is 1. The van der Waals surface area contributed by atoms with Gasteiger partial charge in [-0.2, -0.15) is 0 Å². The third-order valence-electron chi connectivity index (χ3n) is 4.49. The second kappa shape index (κ2) is 8.35. The third-order valence-corrected chi connectivity index (χ3v) is 5.31. The molecule has 0 aliphatic carbocycles. The van der Waals surface area contributed by atoms with Crippen LogP contribution in [0.5, 0.6) is 5.75 Å². The van der Waals surface area contributed by atoms with Crippen molar-refractivity contribution in [1.82, 2.24) is 14.9 Å². The first-order chi connectivity index (χ1) is 13.0. The van der Waals surface area contributed by atoms with E-state index >= 15 is 0 Å². The smallest absolute Gasteiger partial charge is 0.262 e. The average Bonchev–Trinajstić information content (AvgIpc) is 3.15. The Bertz CT molecular complexity index is 976. The normalized spacial score (nSPS) is 12.3. The van der Waals surface area contributed by atoms with Crippen LogP contribution in [0, 0.1) is 5.92 Å². The molecule has 0 spiro atoms. The molecular formula is C20H23N3O3S. The summed E-state index contributed by atoms with van der Waals surface area (Å²) in [5.41, 5.74) is 0.919. The largest absolute Gasteiger partial charge is 0.497 e. The summed E-state index contributed by atoms with van der Waals surface area (Å²) >= 11 is 1.43. The van der Waals surface area contributed by atoms with Crippen molar-refractivity contribution in [2.45, 2.75) is 32.9 Å². The summed E-state index contributed by atoms with van der Waals surface area (Å²) in [4.78, 5) is 29.9. The standard InChI is InChI=1S/C20H23N3O3S/c1-13(2)18(14-4-6-15(26-3)7-5-14)22-17(24)8-10-23-12-21-19-16(20(23)25)9-11-27-19/h4-7,9,11-13,18H,8,10H2,1-3H3,(H,22,24)/t18-/m1/s1. The number of ether oxygens (including phenoxy) is 1. The zero-order chi connectivity index (χ0) is 19.4. The highest BCUT2D eigenvalue weighted by atomic mass is 32.1. The molecule has 0 fully saturated rings. The van der Waals surface area contributed by atoms with Crippen LogP contribution in [0.25, 0.3) is 10.2 Å². The Morgan fingerprint density at radius 1 is 1.26 bits per heavy atom. The van der Waals surface area contributed by atoms with E-state index in [1.807, 2.05) is 29.6 Å². The first-order valence-corrected chi connectivity index (χ1v) is 9.73. The van der Waals surface area contributed by atoms with Crippen molar-refractivity contribution in [2.24, 2.45) is 5.92 Å². The predicted octanol–water partition coefficient (Wildman–Crippen LogP) is 3.37. The molecule has 142 valence electrons. The molecule has 1 amide bonds. The van der Waals surface area contributed by atoms with Gasteiger partial charge >= 0.3 is 0 Å². The molecule has 27 heavy (non-hydrogen) atoms. The van der Waals surface area contributed by atoms with Crippen LogP contribution in [0.1, 0.15) is 31.9 Å². The van der Waals surface area contributed by atoms with Gasteiger partial charge in [0.25, 0.3) is 5.56 Å². The minimum absolute atomic E-state index is 0.0955. The van der Waals surface area contributed by atoms with Gasteiger partial charge in [-0.3, -0.25) is 14.2 Å². The highest BCUT2D eigenvalue weighted by Gasteiger charge is 2.18. The van der Waals surface area contributed by atoms with Crippen molar-refractivity contribution >= 4 is 27.5 Å². The summed E-state index contributed by atoms with van der Waals surface area (Å²) in [6, 6.07) is 9.36. The van der Waals surface area contributed by atoms with Crippen molar-refractivity contribution < 1.29 is 9.53 Å². The lowest BCUT2D eigenvalue weighted by Crippen LogP contribution is -2.33. The number of aryl methyl sites for hydroxylation is 1. The topological polar surface area (TPSA) is 73.2 Å². The molecule has 1 atom stereocenters. The molecule has 0 unspecified atom stereocenters. The Morgan fingerprint density at radius 3 is 2.67 bits per heavy atom. The monoisotopic (exact) mass is 385 g/mol. The van der Waals surface area contributed by atoms with E-state index in [9.17, 15) is 9.59 Å². The number of nitrogens with one attached hydrogen (secondary N) is 1. The van der Waals surface area contributed by atoms with Crippen LogP contribution in [0.2, 0.25) is 0 Å². The number of methoxy groups -OCH3 is 1. The van der Waals surface area contributed by atoms with Crippen LogP contribution in [0.15, 0.2) is 46.8 Å². The Balaban J connectivity index is 1.66. The molecule has 0 saturated carbocycles. The summed E-state index contributed by atoms with van der Waals surface area (Å²) in [5, 5.41) is 5.52. The molecule has 3 rings (SSSR count). The molecule has 0 radical (unpaired) electrons. The fourth-order valence-electron chi connectivity index (χ4n) is 2.97. The maximum Gasteiger partial charge on any atom is 0.262 e. The summed E-state index contributed by atoms with van der Waals surface area (Å²) in [5.74, 6) is 0.916. The molecule has 1 aromatic carbocycles. The number of fused-ring (bicyclic) bond motifs is 1. The van der Waals surface area contributed by atoms with Crippen LogP contribution < -0.4 is 15.6 Å². The van der Waals surface area contributed by atoms with Crippen LogP contribution >= 0.6 is 11.3 Å². The van der Waals surface area contributed by atoms with Gasteiger partial charge in [-0.05, 0) is 35.1 Å². The van der Waals surface area contributed by atoms with Crippen molar-refractivity contribution in [2.75, 3.05) is 7.11 Å². The molecule has 1 N–H and O–H groups in total. The lowest BCUT2D eigenvalue weighted by atomic mass is 9.96. The number of nitrogens with zero attached hydrogens (tertiary/aromatic N) is 2. The Labute approximate surface area is 161 Å². The molecule has 6 nitrogen and oxygen atoms in total. The molecule has 2 aromatic heterocycles. The predicted molar refractivity (Wildman–Crippen MR) is 107 cm³/mol. The van der Waals surface area contributed by atoms with Gasteiger partial charge in [0.2, 0.25) is 5.91 Å². The second-order valence-corrected chi connectivity index (χ2v) is 7.59. The second-order valence-electron chi connectivity index (χ2n) is 6.69. The van der Waals surface area contributed by atoms with E-state index in [2.05, 4.69) is 24.1 Å². The molecule has 7 heteroatoms. The zero-order valence-electron chi connectivity index (χ0n) is 15.6. The average molecular weight is 385 g/mol. The quantitative estimate of drug-likeness (QED) is 0.677. The SMILES string of the molecule is COc1ccc([C@H](NC(=O)CCn2cnc3sccc3c2=O)C(C)C)cc1. The van der Waals surface area contributed by atoms with Gasteiger partial charge in [0.15, 0.2) is 0 Å². The molecule has 2 heterocycles. The lowest BCUT2D eigenvalue weighted by molar-refractivity contribution is -0.122. The van der Waals surface area contributed by atoms with Crippen LogP contribution in [0.3, 0.4) is 0 Å². The number of hydrogen-bond donors (Lipinski definition) is 1. The van der Waals surface area contributed by atoms with Gasteiger partial charge in [-0.15, -0.1) is 11.3 Å². The number of thiophene rings is 1. The van der Waals surface area contributed by atoms with Crippen LogP contribution in [0.4, 0.5) is 0 Å². The number of hydrogen-bond acceptors (Lipinski definition) is 5. The molecule has 0 saturated heterocycles. The van der Waals surface area contributed by atoms with Crippen LogP contribution in [-0.2, 0) is 11.3 Å². The number of rotatable bonds is 7. The van der Waals surface area contributed by atoms with Gasteiger partial charge in [0.1, 0.15) is 10.6 Å². The van der Waals surface area contributed by atoms with Gasteiger partial charge in [0.05, 0.1) is 24.9 Å². The minimum Gasteiger partial charge on any atom is -0.497 e. The van der Waals surface area contributed by atoms with Gasteiger partial charge in [-0.1, -0.05) is 26.0 Å². The van der Waals surface area contributed by atoms with Crippen molar-refractivity contribution in [1.29, 1.82) is 0 Å². The van der Waals surface area contributed by atoms with E-state index in [0.717, 1.165) is 16.1 Å². The van der Waals surface area contributed by atoms with E-state index in [-0.39, 0.29) is 29.8 Å². The van der Waals surface area contributed by atoms with Gasteiger partial charge in [0, 0.05) is 13.0 Å². The third kappa shape index (κ3) is 4.36. The van der Waals surface area contributed by atoms with E-state index < -0.39 is 0 Å². The van der Waals surface area contributed by atoms with E-state index in [4.69, 9.17) is 4.74 Å². The summed E-state index contributed by atoms with van der Waals surface area (Å²) in [6.45, 7) is 4.43. The molecule has 0 aliphatic rings. The van der Waals surface area contributed by atoms with Crippen LogP contribution in [-0.4, -0.2) is 22.6 Å². The fraction of sp³-hybridized carbons (Fsp3) is 0.350. The first-order valence-electron chi connectivity index (χ1n) is 8.85. The lowest BCUT2D eigenvalue weighted by Gasteiger charge is -2.23. The number of benzene rings is 1.